The van der Waals surface area contributed by atoms with Crippen LogP contribution in [0, 0.1) is 25.0 Å². The molecule has 90 valence electrons. The lowest BCUT2D eigenvalue weighted by molar-refractivity contribution is -0.385. The van der Waals surface area contributed by atoms with Crippen molar-refractivity contribution in [1.29, 1.82) is 5.26 Å². The predicted octanol–water partition coefficient (Wildman–Crippen LogP) is 2.94. The highest BCUT2D eigenvalue weighted by atomic mass is 127. The second-order valence-corrected chi connectivity index (χ2v) is 4.54. The van der Waals surface area contributed by atoms with E-state index in [-0.39, 0.29) is 5.69 Å². The number of nitrogens with zero attached hydrogens (tertiary/aromatic N) is 3. The molecule has 5 nitrogen and oxygen atoms in total. The van der Waals surface area contributed by atoms with Crippen LogP contribution in [0.5, 0.6) is 0 Å². The Balaban J connectivity index is 2.95. The van der Waals surface area contributed by atoms with E-state index >= 15 is 0 Å². The van der Waals surface area contributed by atoms with Crippen molar-refractivity contribution in [2.45, 2.75) is 13.3 Å². The Hall–Kier alpha value is -1.36. The van der Waals surface area contributed by atoms with Crippen molar-refractivity contribution in [2.75, 3.05) is 18.0 Å². The maximum absolute atomic E-state index is 10.7. The van der Waals surface area contributed by atoms with Crippen LogP contribution in [0.2, 0.25) is 0 Å². The third kappa shape index (κ3) is 3.56. The van der Waals surface area contributed by atoms with Gasteiger partial charge >= 0.3 is 0 Å². The van der Waals surface area contributed by atoms with Crippen LogP contribution in [-0.2, 0) is 0 Å². The van der Waals surface area contributed by atoms with E-state index in [0.29, 0.717) is 16.5 Å². The molecule has 0 radical (unpaired) electrons. The van der Waals surface area contributed by atoms with Crippen molar-refractivity contribution in [3.05, 3.63) is 31.9 Å². The summed E-state index contributed by atoms with van der Waals surface area (Å²) in [5.74, 6) is 0. The van der Waals surface area contributed by atoms with Gasteiger partial charge in [0.05, 0.1) is 21.0 Å². The summed E-state index contributed by atoms with van der Waals surface area (Å²) in [7, 11) is 0. The van der Waals surface area contributed by atoms with E-state index in [1.54, 1.807) is 12.1 Å². The van der Waals surface area contributed by atoms with Crippen LogP contribution in [0.15, 0.2) is 18.2 Å². The van der Waals surface area contributed by atoms with Crippen LogP contribution in [0.4, 0.5) is 11.4 Å². The molecule has 1 aromatic carbocycles. The lowest BCUT2D eigenvalue weighted by Gasteiger charge is -2.21. The topological polar surface area (TPSA) is 70.2 Å². The molecular weight excluding hydrogens is 333 g/mol. The average molecular weight is 345 g/mol. The fraction of sp³-hybridized carbons (Fsp3) is 0.364. The summed E-state index contributed by atoms with van der Waals surface area (Å²) in [6.07, 6.45) is 0.446. The molecule has 0 saturated heterocycles. The number of nitro groups is 1. The van der Waals surface area contributed by atoms with Gasteiger partial charge < -0.3 is 4.90 Å². The molecule has 0 heterocycles. The molecule has 17 heavy (non-hydrogen) atoms. The Morgan fingerprint density at radius 3 is 2.76 bits per heavy atom. The zero-order chi connectivity index (χ0) is 12.8. The summed E-state index contributed by atoms with van der Waals surface area (Å²) in [6, 6.07) is 7.10. The van der Waals surface area contributed by atoms with Crippen LogP contribution in [0.25, 0.3) is 0 Å². The fourth-order valence-electron chi connectivity index (χ4n) is 1.50. The minimum atomic E-state index is -0.392. The van der Waals surface area contributed by atoms with Gasteiger partial charge in [-0.2, -0.15) is 5.26 Å². The van der Waals surface area contributed by atoms with E-state index in [1.165, 1.54) is 6.07 Å². The minimum Gasteiger partial charge on any atom is -0.371 e. The van der Waals surface area contributed by atoms with Gasteiger partial charge in [0.1, 0.15) is 0 Å². The molecule has 1 aromatic rings. The molecule has 0 aliphatic rings. The smallest absolute Gasteiger partial charge is 0.282 e. The number of benzene rings is 1. The number of nitro benzene ring substituents is 1. The Kier molecular flexibility index (Phi) is 5.15. The number of anilines is 1. The third-order valence-corrected chi connectivity index (χ3v) is 3.23. The molecule has 0 N–H and O–H groups in total. The fourth-order valence-corrected chi connectivity index (χ4v) is 2.19. The summed E-state index contributed by atoms with van der Waals surface area (Å²) in [5.41, 5.74) is 1.03. The van der Waals surface area contributed by atoms with E-state index in [9.17, 15) is 10.1 Å². The van der Waals surface area contributed by atoms with Gasteiger partial charge in [-0.25, -0.2) is 0 Å². The first kappa shape index (κ1) is 13.7. The molecule has 0 unspecified atom stereocenters. The molecule has 0 fully saturated rings. The molecule has 0 spiro atoms. The van der Waals surface area contributed by atoms with Crippen molar-refractivity contribution in [3.8, 4) is 6.07 Å². The van der Waals surface area contributed by atoms with Gasteiger partial charge in [0, 0.05) is 24.8 Å². The number of rotatable bonds is 5. The standard InChI is InChI=1S/C11H12IN3O2/c1-2-14(7-3-6-13)9-4-5-11(15(16)17)10(12)8-9/h4-5,8H,2-3,7H2,1H3. The van der Waals surface area contributed by atoms with Crippen LogP contribution < -0.4 is 4.90 Å². The SMILES string of the molecule is CCN(CCC#N)c1ccc([N+](=O)[O-])c(I)c1. The number of halogens is 1. The molecule has 0 atom stereocenters. The van der Waals surface area contributed by atoms with Crippen molar-refractivity contribution in [2.24, 2.45) is 0 Å². The van der Waals surface area contributed by atoms with Crippen LogP contribution >= 0.6 is 22.6 Å². The van der Waals surface area contributed by atoms with E-state index in [2.05, 4.69) is 6.07 Å². The van der Waals surface area contributed by atoms with Crippen molar-refractivity contribution >= 4 is 34.0 Å². The maximum Gasteiger partial charge on any atom is 0.282 e. The monoisotopic (exact) mass is 345 g/mol. The Labute approximate surface area is 113 Å². The molecule has 0 aromatic heterocycles. The van der Waals surface area contributed by atoms with Gasteiger partial charge in [0.25, 0.3) is 5.69 Å². The van der Waals surface area contributed by atoms with Gasteiger partial charge in [-0.05, 0) is 41.6 Å². The third-order valence-electron chi connectivity index (χ3n) is 2.37. The van der Waals surface area contributed by atoms with E-state index in [1.807, 2.05) is 34.4 Å². The van der Waals surface area contributed by atoms with Gasteiger partial charge in [-0.15, -0.1) is 0 Å². The molecule has 0 amide bonds. The van der Waals surface area contributed by atoms with Crippen LogP contribution in [0.1, 0.15) is 13.3 Å². The van der Waals surface area contributed by atoms with Gasteiger partial charge in [0.2, 0.25) is 0 Å². The van der Waals surface area contributed by atoms with Crippen molar-refractivity contribution in [3.63, 3.8) is 0 Å². The molecule has 0 aliphatic heterocycles. The van der Waals surface area contributed by atoms with Crippen LogP contribution in [-0.4, -0.2) is 18.0 Å². The highest BCUT2D eigenvalue weighted by Crippen LogP contribution is 2.26. The lowest BCUT2D eigenvalue weighted by atomic mass is 10.2. The van der Waals surface area contributed by atoms with Crippen molar-refractivity contribution < 1.29 is 4.92 Å². The van der Waals surface area contributed by atoms with Gasteiger partial charge in [-0.1, -0.05) is 0 Å². The Morgan fingerprint density at radius 1 is 1.59 bits per heavy atom. The summed E-state index contributed by atoms with van der Waals surface area (Å²) < 4.78 is 0.612. The van der Waals surface area contributed by atoms with Gasteiger partial charge in [-0.3, -0.25) is 10.1 Å². The van der Waals surface area contributed by atoms with E-state index < -0.39 is 4.92 Å². The molecule has 0 saturated carbocycles. The highest BCUT2D eigenvalue weighted by Gasteiger charge is 2.13. The normalized spacial score (nSPS) is 9.71. The predicted molar refractivity (Wildman–Crippen MR) is 73.9 cm³/mol. The molecule has 0 aliphatic carbocycles. The first-order valence-corrected chi connectivity index (χ1v) is 6.23. The minimum absolute atomic E-state index is 0.116. The second-order valence-electron chi connectivity index (χ2n) is 3.38. The molecule has 1 rings (SSSR count). The zero-order valence-corrected chi connectivity index (χ0v) is 11.5. The highest BCUT2D eigenvalue weighted by molar-refractivity contribution is 14.1. The lowest BCUT2D eigenvalue weighted by Crippen LogP contribution is -2.23. The van der Waals surface area contributed by atoms with E-state index in [0.717, 1.165) is 12.2 Å². The number of hydrogen-bond acceptors (Lipinski definition) is 4. The molecular formula is C11H12IN3O2. The van der Waals surface area contributed by atoms with Crippen LogP contribution in [0.3, 0.4) is 0 Å². The first-order chi connectivity index (χ1) is 8.10. The number of nitriles is 1. The van der Waals surface area contributed by atoms with Gasteiger partial charge in [0.15, 0.2) is 0 Å². The second kappa shape index (κ2) is 6.39. The maximum atomic E-state index is 10.7. The summed E-state index contributed by atoms with van der Waals surface area (Å²) in [5, 5.41) is 19.3. The Bertz CT molecular complexity index is 457. The zero-order valence-electron chi connectivity index (χ0n) is 9.39. The summed E-state index contributed by atoms with van der Waals surface area (Å²) in [6.45, 7) is 3.40. The van der Waals surface area contributed by atoms with E-state index in [4.69, 9.17) is 5.26 Å². The first-order valence-electron chi connectivity index (χ1n) is 5.16. The number of hydrogen-bond donors (Lipinski definition) is 0. The quantitative estimate of drug-likeness (QED) is 0.467. The molecule has 6 heteroatoms. The summed E-state index contributed by atoms with van der Waals surface area (Å²) >= 11 is 1.96. The average Bonchev–Trinajstić information content (AvgIpc) is 2.29. The van der Waals surface area contributed by atoms with Crippen molar-refractivity contribution in [1.82, 2.24) is 0 Å². The summed E-state index contributed by atoms with van der Waals surface area (Å²) in [4.78, 5) is 12.3. The Morgan fingerprint density at radius 2 is 2.29 bits per heavy atom. The molecule has 0 bridgehead atoms. The largest absolute Gasteiger partial charge is 0.371 e.